The van der Waals surface area contributed by atoms with E-state index in [0.29, 0.717) is 0 Å². The van der Waals surface area contributed by atoms with Crippen molar-refractivity contribution in [2.24, 2.45) is 0 Å². The lowest BCUT2D eigenvalue weighted by Gasteiger charge is -2.33. The van der Waals surface area contributed by atoms with Crippen LogP contribution in [0, 0.1) is 11.3 Å². The topological polar surface area (TPSA) is 47.3 Å². The van der Waals surface area contributed by atoms with Crippen molar-refractivity contribution < 1.29 is 5.11 Å². The summed E-state index contributed by atoms with van der Waals surface area (Å²) in [6, 6.07) is 2.05. The molecule has 0 radical (unpaired) electrons. The number of hydrogen-bond acceptors (Lipinski definition) is 3. The third-order valence-electron chi connectivity index (χ3n) is 1.46. The minimum atomic E-state index is -0.0139. The fraction of sp³-hybridized carbons (Fsp3) is 0.800. The Morgan fingerprint density at radius 2 is 2.62 bits per heavy atom. The van der Waals surface area contributed by atoms with Gasteiger partial charge in [-0.05, 0) is 6.42 Å². The van der Waals surface area contributed by atoms with E-state index in [4.69, 9.17) is 10.4 Å². The van der Waals surface area contributed by atoms with Gasteiger partial charge in [0.1, 0.15) is 6.04 Å². The molecule has 0 unspecified atom stereocenters. The number of likely N-dealkylation sites (tertiary alicyclic amines) is 1. The van der Waals surface area contributed by atoms with Crippen molar-refractivity contribution in [1.29, 1.82) is 5.26 Å². The molecule has 1 aliphatic rings. The molecular formula is C5H8N2O. The molecule has 1 heterocycles. The van der Waals surface area contributed by atoms with E-state index in [1.807, 2.05) is 0 Å². The third kappa shape index (κ3) is 0.683. The molecule has 1 fully saturated rings. The van der Waals surface area contributed by atoms with Crippen molar-refractivity contribution in [3.8, 4) is 6.07 Å². The minimum absolute atomic E-state index is 0.0139. The van der Waals surface area contributed by atoms with Crippen LogP contribution >= 0.6 is 0 Å². The van der Waals surface area contributed by atoms with Gasteiger partial charge in [-0.25, -0.2) is 0 Å². The van der Waals surface area contributed by atoms with Gasteiger partial charge in [-0.1, -0.05) is 0 Å². The molecule has 0 aromatic rings. The second kappa shape index (κ2) is 2.12. The van der Waals surface area contributed by atoms with Crippen LogP contribution in [0.2, 0.25) is 0 Å². The lowest BCUT2D eigenvalue weighted by Crippen LogP contribution is -2.46. The van der Waals surface area contributed by atoms with Gasteiger partial charge in [-0.3, -0.25) is 4.90 Å². The smallest absolute Gasteiger partial charge is 0.101 e. The Morgan fingerprint density at radius 3 is 2.75 bits per heavy atom. The molecule has 1 saturated heterocycles. The summed E-state index contributed by atoms with van der Waals surface area (Å²) in [6.07, 6.45) is 0.914. The second-order valence-electron chi connectivity index (χ2n) is 1.89. The number of aliphatic hydroxyl groups is 1. The third-order valence-corrected chi connectivity index (χ3v) is 1.46. The lowest BCUT2D eigenvalue weighted by atomic mass is 10.1. The first-order chi connectivity index (χ1) is 3.88. The van der Waals surface area contributed by atoms with Crippen LogP contribution in [-0.4, -0.2) is 29.3 Å². The van der Waals surface area contributed by atoms with Gasteiger partial charge in [-0.2, -0.15) is 5.26 Å². The zero-order valence-electron chi connectivity index (χ0n) is 4.54. The quantitative estimate of drug-likeness (QED) is 0.499. The van der Waals surface area contributed by atoms with Crippen molar-refractivity contribution in [3.05, 3.63) is 0 Å². The van der Waals surface area contributed by atoms with E-state index in [0.717, 1.165) is 13.0 Å². The molecule has 0 saturated carbocycles. The minimum Gasteiger partial charge on any atom is -0.381 e. The van der Waals surface area contributed by atoms with E-state index < -0.39 is 0 Å². The molecule has 0 spiro atoms. The van der Waals surface area contributed by atoms with Gasteiger partial charge >= 0.3 is 0 Å². The highest BCUT2D eigenvalue weighted by Crippen LogP contribution is 2.13. The maximum absolute atomic E-state index is 8.46. The van der Waals surface area contributed by atoms with Crippen molar-refractivity contribution in [1.82, 2.24) is 4.90 Å². The highest BCUT2D eigenvalue weighted by Gasteiger charge is 2.25. The van der Waals surface area contributed by atoms with Gasteiger partial charge in [0.25, 0.3) is 0 Å². The van der Waals surface area contributed by atoms with E-state index in [2.05, 4.69) is 6.07 Å². The summed E-state index contributed by atoms with van der Waals surface area (Å²) in [5.41, 5.74) is 0. The molecule has 8 heavy (non-hydrogen) atoms. The molecular weight excluding hydrogens is 104 g/mol. The molecule has 3 nitrogen and oxygen atoms in total. The summed E-state index contributed by atoms with van der Waals surface area (Å²) in [7, 11) is 0. The average molecular weight is 112 g/mol. The Balaban J connectivity index is 2.29. The first-order valence-corrected chi connectivity index (χ1v) is 2.63. The SMILES string of the molecule is N#C[C@@H]1CCN1CO. The Morgan fingerprint density at radius 1 is 1.88 bits per heavy atom. The number of nitrogens with zero attached hydrogens (tertiary/aromatic N) is 2. The first-order valence-electron chi connectivity index (χ1n) is 2.63. The summed E-state index contributed by atoms with van der Waals surface area (Å²) in [4.78, 5) is 1.72. The molecule has 0 aromatic heterocycles. The maximum Gasteiger partial charge on any atom is 0.101 e. The van der Waals surface area contributed by atoms with Gasteiger partial charge < -0.3 is 5.11 Å². The number of rotatable bonds is 1. The predicted molar refractivity (Wildman–Crippen MR) is 27.8 cm³/mol. The van der Waals surface area contributed by atoms with Crippen LogP contribution in [0.15, 0.2) is 0 Å². The molecule has 1 aliphatic heterocycles. The standard InChI is InChI=1S/C5H8N2O/c6-3-5-1-2-7(5)4-8/h5,8H,1-2,4H2/t5-/m0/s1. The molecule has 1 rings (SSSR count). The van der Waals surface area contributed by atoms with Crippen LogP contribution in [0.4, 0.5) is 0 Å². The number of hydrogen-bond donors (Lipinski definition) is 1. The monoisotopic (exact) mass is 112 g/mol. The number of nitriles is 1. The highest BCUT2D eigenvalue weighted by atomic mass is 16.3. The predicted octanol–water partition coefficient (Wildman–Crippen LogP) is -0.466. The second-order valence-corrected chi connectivity index (χ2v) is 1.89. The van der Waals surface area contributed by atoms with E-state index in [1.165, 1.54) is 0 Å². The normalized spacial score (nSPS) is 28.8. The summed E-state index contributed by atoms with van der Waals surface area (Å²) in [6.45, 7) is 0.896. The number of aliphatic hydroxyl groups excluding tert-OH is 1. The Hall–Kier alpha value is -0.590. The largest absolute Gasteiger partial charge is 0.381 e. The van der Waals surface area contributed by atoms with Crippen LogP contribution in [0.25, 0.3) is 0 Å². The fourth-order valence-corrected chi connectivity index (χ4v) is 0.756. The zero-order valence-corrected chi connectivity index (χ0v) is 4.54. The van der Waals surface area contributed by atoms with Crippen molar-refractivity contribution in [2.45, 2.75) is 12.5 Å². The van der Waals surface area contributed by atoms with Crippen LogP contribution in [0.5, 0.6) is 0 Å². The zero-order chi connectivity index (χ0) is 5.98. The van der Waals surface area contributed by atoms with Crippen LogP contribution in [0.1, 0.15) is 6.42 Å². The summed E-state index contributed by atoms with van der Waals surface area (Å²) >= 11 is 0. The van der Waals surface area contributed by atoms with Crippen molar-refractivity contribution in [2.75, 3.05) is 13.3 Å². The molecule has 3 heteroatoms. The van der Waals surface area contributed by atoms with E-state index in [-0.39, 0.29) is 12.8 Å². The molecule has 0 aliphatic carbocycles. The Labute approximate surface area is 48.1 Å². The molecule has 1 N–H and O–H groups in total. The van der Waals surface area contributed by atoms with E-state index in [1.54, 1.807) is 4.90 Å². The lowest BCUT2D eigenvalue weighted by molar-refractivity contribution is 0.0272. The van der Waals surface area contributed by atoms with Gasteiger partial charge in [0.2, 0.25) is 0 Å². The van der Waals surface area contributed by atoms with Crippen molar-refractivity contribution >= 4 is 0 Å². The first kappa shape index (κ1) is 5.54. The summed E-state index contributed by atoms with van der Waals surface area (Å²) in [5, 5.41) is 16.7. The van der Waals surface area contributed by atoms with E-state index >= 15 is 0 Å². The average Bonchev–Trinajstić information content (AvgIpc) is 1.66. The van der Waals surface area contributed by atoms with Gasteiger partial charge in [-0.15, -0.1) is 0 Å². The Kier molecular flexibility index (Phi) is 1.47. The van der Waals surface area contributed by atoms with Gasteiger partial charge in [0, 0.05) is 6.54 Å². The molecule has 1 atom stereocenters. The molecule has 0 aromatic carbocycles. The maximum atomic E-state index is 8.46. The van der Waals surface area contributed by atoms with E-state index in [9.17, 15) is 0 Å². The fourth-order valence-electron chi connectivity index (χ4n) is 0.756. The molecule has 44 valence electrons. The van der Waals surface area contributed by atoms with Crippen LogP contribution in [-0.2, 0) is 0 Å². The van der Waals surface area contributed by atoms with Gasteiger partial charge in [0.15, 0.2) is 0 Å². The molecule has 0 amide bonds. The molecule has 0 bridgehead atoms. The van der Waals surface area contributed by atoms with Crippen LogP contribution < -0.4 is 0 Å². The van der Waals surface area contributed by atoms with Crippen LogP contribution in [0.3, 0.4) is 0 Å². The summed E-state index contributed by atoms with van der Waals surface area (Å²) < 4.78 is 0. The highest BCUT2D eigenvalue weighted by molar-refractivity contribution is 4.97. The summed E-state index contributed by atoms with van der Waals surface area (Å²) in [5.74, 6) is 0. The van der Waals surface area contributed by atoms with Crippen molar-refractivity contribution in [3.63, 3.8) is 0 Å². The Bertz CT molecular complexity index is 116. The van der Waals surface area contributed by atoms with Gasteiger partial charge in [0.05, 0.1) is 12.8 Å².